The number of methoxy groups -OCH3 is 1. The van der Waals surface area contributed by atoms with Crippen LogP contribution in [0.1, 0.15) is 31.5 Å². The highest BCUT2D eigenvalue weighted by molar-refractivity contribution is 5.84. The van der Waals surface area contributed by atoms with Crippen LogP contribution < -0.4 is 5.32 Å². The lowest BCUT2D eigenvalue weighted by molar-refractivity contribution is -0.137. The number of nitrogens with one attached hydrogen (secondary N) is 1. The van der Waals surface area contributed by atoms with Crippen molar-refractivity contribution in [2.75, 3.05) is 7.11 Å². The molecule has 2 fully saturated rings. The van der Waals surface area contributed by atoms with E-state index in [0.717, 1.165) is 18.4 Å². The number of hydrogen-bond donors (Lipinski definition) is 1. The van der Waals surface area contributed by atoms with Crippen LogP contribution in [-0.4, -0.2) is 36.1 Å². The third-order valence-corrected chi connectivity index (χ3v) is 4.22. The predicted octanol–water partition coefficient (Wildman–Crippen LogP) is 1.68. The molecule has 2 atom stereocenters. The Bertz CT molecular complexity index is 456. The minimum Gasteiger partial charge on any atom is -0.381 e. The van der Waals surface area contributed by atoms with Crippen LogP contribution in [0.15, 0.2) is 30.3 Å². The highest BCUT2D eigenvalue weighted by atomic mass is 16.5. The highest BCUT2D eigenvalue weighted by Crippen LogP contribution is 2.36. The van der Waals surface area contributed by atoms with Crippen LogP contribution >= 0.6 is 0 Å². The zero-order valence-corrected chi connectivity index (χ0v) is 11.4. The summed E-state index contributed by atoms with van der Waals surface area (Å²) in [5, 5.41) is 3.39. The van der Waals surface area contributed by atoms with E-state index < -0.39 is 0 Å². The molecular formula is C15H20N2O2. The van der Waals surface area contributed by atoms with Gasteiger partial charge < -0.3 is 9.64 Å². The topological polar surface area (TPSA) is 41.6 Å². The zero-order chi connectivity index (χ0) is 13.4. The SMILES string of the molecule is COC1CC(N2C(=O)C(C)NC2c2ccccc2)C1. The Morgan fingerprint density at radius 2 is 1.95 bits per heavy atom. The summed E-state index contributed by atoms with van der Waals surface area (Å²) in [6.07, 6.45) is 2.21. The van der Waals surface area contributed by atoms with Crippen molar-refractivity contribution in [3.8, 4) is 0 Å². The molecule has 0 radical (unpaired) electrons. The van der Waals surface area contributed by atoms with Crippen molar-refractivity contribution < 1.29 is 9.53 Å². The van der Waals surface area contributed by atoms with Gasteiger partial charge in [0, 0.05) is 13.2 Å². The first kappa shape index (κ1) is 12.6. The molecule has 1 aromatic carbocycles. The third-order valence-electron chi connectivity index (χ3n) is 4.22. The molecule has 1 heterocycles. The number of amides is 1. The summed E-state index contributed by atoms with van der Waals surface area (Å²) < 4.78 is 5.32. The van der Waals surface area contributed by atoms with Crippen LogP contribution in [0.4, 0.5) is 0 Å². The fraction of sp³-hybridized carbons (Fsp3) is 0.533. The first-order chi connectivity index (χ1) is 9.20. The summed E-state index contributed by atoms with van der Waals surface area (Å²) in [6, 6.07) is 10.4. The first-order valence-electron chi connectivity index (χ1n) is 6.86. The maximum absolute atomic E-state index is 12.3. The number of ether oxygens (including phenoxy) is 1. The van der Waals surface area contributed by atoms with Gasteiger partial charge in [-0.3, -0.25) is 10.1 Å². The van der Waals surface area contributed by atoms with Crippen LogP contribution in [-0.2, 0) is 9.53 Å². The van der Waals surface area contributed by atoms with Crippen molar-refractivity contribution in [3.05, 3.63) is 35.9 Å². The second kappa shape index (κ2) is 4.94. The lowest BCUT2D eigenvalue weighted by atomic mass is 9.87. The van der Waals surface area contributed by atoms with Crippen LogP contribution in [0.5, 0.6) is 0 Å². The van der Waals surface area contributed by atoms with Crippen LogP contribution in [0.3, 0.4) is 0 Å². The van der Waals surface area contributed by atoms with E-state index >= 15 is 0 Å². The maximum Gasteiger partial charge on any atom is 0.241 e. The largest absolute Gasteiger partial charge is 0.381 e. The molecule has 19 heavy (non-hydrogen) atoms. The summed E-state index contributed by atoms with van der Waals surface area (Å²) in [7, 11) is 1.74. The van der Waals surface area contributed by atoms with E-state index in [2.05, 4.69) is 17.4 Å². The smallest absolute Gasteiger partial charge is 0.241 e. The Hall–Kier alpha value is -1.39. The number of carbonyl (C=O) groups excluding carboxylic acids is 1. The van der Waals surface area contributed by atoms with Gasteiger partial charge in [-0.2, -0.15) is 0 Å². The number of rotatable bonds is 3. The van der Waals surface area contributed by atoms with E-state index in [0.29, 0.717) is 12.1 Å². The number of nitrogens with zero attached hydrogens (tertiary/aromatic N) is 1. The Morgan fingerprint density at radius 3 is 2.58 bits per heavy atom. The van der Waals surface area contributed by atoms with Crippen LogP contribution in [0.25, 0.3) is 0 Å². The maximum atomic E-state index is 12.3. The average molecular weight is 260 g/mol. The molecule has 1 saturated heterocycles. The molecule has 102 valence electrons. The fourth-order valence-corrected chi connectivity index (χ4v) is 2.98. The predicted molar refractivity (Wildman–Crippen MR) is 72.4 cm³/mol. The van der Waals surface area contributed by atoms with Gasteiger partial charge in [0.25, 0.3) is 0 Å². The third kappa shape index (κ3) is 2.15. The zero-order valence-electron chi connectivity index (χ0n) is 11.4. The molecule has 1 aliphatic carbocycles. The van der Waals surface area contributed by atoms with E-state index in [1.807, 2.05) is 30.0 Å². The summed E-state index contributed by atoms with van der Waals surface area (Å²) in [6.45, 7) is 1.94. The van der Waals surface area contributed by atoms with Gasteiger partial charge in [0.15, 0.2) is 0 Å². The molecule has 2 aliphatic rings. The van der Waals surface area contributed by atoms with E-state index in [1.54, 1.807) is 7.11 Å². The summed E-state index contributed by atoms with van der Waals surface area (Å²) in [5.41, 5.74) is 1.15. The van der Waals surface area contributed by atoms with Gasteiger partial charge in [-0.1, -0.05) is 30.3 Å². The Morgan fingerprint density at radius 1 is 1.26 bits per heavy atom. The van der Waals surface area contributed by atoms with Gasteiger partial charge in [-0.25, -0.2) is 0 Å². The number of hydrogen-bond acceptors (Lipinski definition) is 3. The average Bonchev–Trinajstić information content (AvgIpc) is 2.67. The fourth-order valence-electron chi connectivity index (χ4n) is 2.98. The number of benzene rings is 1. The van der Waals surface area contributed by atoms with E-state index in [4.69, 9.17) is 4.74 Å². The molecule has 1 saturated carbocycles. The molecule has 0 bridgehead atoms. The summed E-state index contributed by atoms with van der Waals surface area (Å²) >= 11 is 0. The Balaban J connectivity index is 1.81. The lowest BCUT2D eigenvalue weighted by Gasteiger charge is -2.42. The molecule has 4 nitrogen and oxygen atoms in total. The van der Waals surface area contributed by atoms with Gasteiger partial charge in [0.1, 0.15) is 6.17 Å². The lowest BCUT2D eigenvalue weighted by Crippen LogP contribution is -2.50. The minimum atomic E-state index is -0.105. The molecule has 1 N–H and O–H groups in total. The Labute approximate surface area is 113 Å². The second-order valence-electron chi connectivity index (χ2n) is 5.43. The van der Waals surface area contributed by atoms with E-state index in [9.17, 15) is 4.79 Å². The van der Waals surface area contributed by atoms with Crippen molar-refractivity contribution in [2.24, 2.45) is 0 Å². The monoisotopic (exact) mass is 260 g/mol. The van der Waals surface area contributed by atoms with Gasteiger partial charge in [0.2, 0.25) is 5.91 Å². The van der Waals surface area contributed by atoms with Gasteiger partial charge >= 0.3 is 0 Å². The number of carbonyl (C=O) groups is 1. The van der Waals surface area contributed by atoms with Gasteiger partial charge in [-0.15, -0.1) is 0 Å². The normalized spacial score (nSPS) is 34.4. The van der Waals surface area contributed by atoms with Crippen molar-refractivity contribution in [1.82, 2.24) is 10.2 Å². The van der Waals surface area contributed by atoms with Gasteiger partial charge in [-0.05, 0) is 25.3 Å². The molecule has 1 aromatic rings. The Kier molecular flexibility index (Phi) is 3.29. The van der Waals surface area contributed by atoms with Gasteiger partial charge in [0.05, 0.1) is 12.1 Å². The molecular weight excluding hydrogens is 240 g/mol. The van der Waals surface area contributed by atoms with Crippen molar-refractivity contribution in [3.63, 3.8) is 0 Å². The highest BCUT2D eigenvalue weighted by Gasteiger charge is 2.45. The van der Waals surface area contributed by atoms with E-state index in [1.165, 1.54) is 0 Å². The molecule has 2 unspecified atom stereocenters. The second-order valence-corrected chi connectivity index (χ2v) is 5.43. The minimum absolute atomic E-state index is 0.00602. The molecule has 0 aromatic heterocycles. The molecule has 3 rings (SSSR count). The van der Waals surface area contributed by atoms with Crippen LogP contribution in [0.2, 0.25) is 0 Å². The van der Waals surface area contributed by atoms with Crippen molar-refractivity contribution in [1.29, 1.82) is 0 Å². The summed E-state index contributed by atoms with van der Waals surface area (Å²) in [4.78, 5) is 14.4. The van der Waals surface area contributed by atoms with Crippen LogP contribution in [0, 0.1) is 0 Å². The molecule has 4 heteroatoms. The quantitative estimate of drug-likeness (QED) is 0.899. The standard InChI is InChI=1S/C15H20N2O2/c1-10-15(18)17(12-8-13(9-12)19-2)14(16-10)11-6-4-3-5-7-11/h3-7,10,12-14,16H,8-9H2,1-2H3. The first-order valence-corrected chi connectivity index (χ1v) is 6.86. The summed E-state index contributed by atoms with van der Waals surface area (Å²) in [5.74, 6) is 0.202. The van der Waals surface area contributed by atoms with Crippen molar-refractivity contribution in [2.45, 2.75) is 44.1 Å². The van der Waals surface area contributed by atoms with Crippen molar-refractivity contribution >= 4 is 5.91 Å². The molecule has 1 amide bonds. The van der Waals surface area contributed by atoms with E-state index in [-0.39, 0.29) is 18.1 Å². The molecule has 1 aliphatic heterocycles. The molecule has 0 spiro atoms.